The Labute approximate surface area is 85.1 Å². The predicted molar refractivity (Wildman–Crippen MR) is 55.1 cm³/mol. The molecule has 5 N–H and O–H groups in total. The van der Waals surface area contributed by atoms with Crippen molar-refractivity contribution in [2.75, 3.05) is 24.3 Å². The maximum atomic E-state index is 11.2. The number of aryl methyl sites for hydroxylation is 1. The van der Waals surface area contributed by atoms with Crippen LogP contribution in [0.15, 0.2) is 5.03 Å². The third kappa shape index (κ3) is 2.11. The second-order valence-corrected chi connectivity index (χ2v) is 4.15. The Kier molecular flexibility index (Phi) is 3.62. The number of aliphatic hydroxyl groups excluding tert-OH is 1. The number of aromatic nitrogens is 2. The molecule has 1 atom stereocenters. The summed E-state index contributed by atoms with van der Waals surface area (Å²) in [5.74, 6) is 0.309. The summed E-state index contributed by atoms with van der Waals surface area (Å²) in [6.07, 6.45) is 2.04. The van der Waals surface area contributed by atoms with Crippen LogP contribution in [0, 0.1) is 0 Å². The van der Waals surface area contributed by atoms with Gasteiger partial charge < -0.3 is 21.1 Å². The topological polar surface area (TPSA) is 113 Å². The minimum absolute atomic E-state index is 0.0593. The molecule has 0 amide bonds. The Morgan fingerprint density at radius 1 is 1.57 bits per heavy atom. The molecule has 0 saturated carbocycles. The van der Waals surface area contributed by atoms with E-state index in [0.717, 1.165) is 0 Å². The van der Waals surface area contributed by atoms with Crippen molar-refractivity contribution in [1.29, 1.82) is 0 Å². The minimum Gasteiger partial charge on any atom is -0.610 e. The average molecular weight is 218 g/mol. The van der Waals surface area contributed by atoms with Gasteiger partial charge in [0.25, 0.3) is 5.03 Å². The Hall–Kier alpha value is -0.920. The van der Waals surface area contributed by atoms with Gasteiger partial charge in [0.05, 0.1) is 0 Å². The van der Waals surface area contributed by atoms with E-state index in [2.05, 4.69) is 5.10 Å². The molecule has 0 radical (unpaired) electrons. The summed E-state index contributed by atoms with van der Waals surface area (Å²) in [5, 5.41) is 12.9. The Morgan fingerprint density at radius 2 is 2.21 bits per heavy atom. The summed E-state index contributed by atoms with van der Waals surface area (Å²) in [6.45, 7) is 0.535. The molecule has 0 saturated heterocycles. The van der Waals surface area contributed by atoms with E-state index in [-0.39, 0.29) is 12.3 Å². The van der Waals surface area contributed by atoms with Crippen LogP contribution >= 0.6 is 0 Å². The van der Waals surface area contributed by atoms with Crippen LogP contribution in [0.2, 0.25) is 0 Å². The molecular formula is C7H14N4O2S. The first kappa shape index (κ1) is 11.2. The fourth-order valence-electron chi connectivity index (χ4n) is 1.07. The molecule has 0 fully saturated rings. The molecule has 6 nitrogen and oxygen atoms in total. The quantitative estimate of drug-likeness (QED) is 0.571. The smallest absolute Gasteiger partial charge is 0.288 e. The van der Waals surface area contributed by atoms with Gasteiger partial charge in [0.2, 0.25) is 0 Å². The van der Waals surface area contributed by atoms with Crippen LogP contribution in [-0.2, 0) is 17.7 Å². The molecule has 1 unspecified atom stereocenters. The number of nitrogen functional groups attached to an aromatic ring is 2. The minimum atomic E-state index is -1.23. The van der Waals surface area contributed by atoms with E-state index < -0.39 is 11.2 Å². The lowest BCUT2D eigenvalue weighted by atomic mass is 10.4. The van der Waals surface area contributed by atoms with Crippen molar-refractivity contribution in [2.24, 2.45) is 0 Å². The van der Waals surface area contributed by atoms with Gasteiger partial charge in [0.1, 0.15) is 6.26 Å². The summed E-state index contributed by atoms with van der Waals surface area (Å²) in [4.78, 5) is 0. The zero-order valence-corrected chi connectivity index (χ0v) is 8.75. The number of anilines is 2. The van der Waals surface area contributed by atoms with Gasteiger partial charge in [0.15, 0.2) is 11.5 Å². The summed E-state index contributed by atoms with van der Waals surface area (Å²) >= 11 is -1.23. The first-order chi connectivity index (χ1) is 6.57. The molecule has 1 heterocycles. The molecule has 0 aliphatic carbocycles. The lowest BCUT2D eigenvalue weighted by Crippen LogP contribution is -2.07. The second kappa shape index (κ2) is 4.54. The Balaban J connectivity index is 2.91. The van der Waals surface area contributed by atoms with Crippen LogP contribution in [0.25, 0.3) is 0 Å². The average Bonchev–Trinajstić information content (AvgIpc) is 2.42. The van der Waals surface area contributed by atoms with Crippen LogP contribution in [0.5, 0.6) is 0 Å². The van der Waals surface area contributed by atoms with E-state index in [0.29, 0.717) is 23.8 Å². The zero-order chi connectivity index (χ0) is 10.7. The van der Waals surface area contributed by atoms with Crippen molar-refractivity contribution in [3.05, 3.63) is 0 Å². The Morgan fingerprint density at radius 3 is 2.64 bits per heavy atom. The monoisotopic (exact) mass is 218 g/mol. The van der Waals surface area contributed by atoms with Gasteiger partial charge in [-0.2, -0.15) is 0 Å². The Bertz CT molecular complexity index is 313. The molecule has 80 valence electrons. The molecule has 1 aromatic heterocycles. The maximum Gasteiger partial charge on any atom is 0.288 e. The van der Waals surface area contributed by atoms with Crippen LogP contribution in [-0.4, -0.2) is 32.3 Å². The maximum absolute atomic E-state index is 11.2. The van der Waals surface area contributed by atoms with Gasteiger partial charge >= 0.3 is 0 Å². The molecule has 0 spiro atoms. The third-order valence-electron chi connectivity index (χ3n) is 1.80. The van der Waals surface area contributed by atoms with Crippen LogP contribution in [0.4, 0.5) is 11.5 Å². The lowest BCUT2D eigenvalue weighted by Gasteiger charge is -2.00. The van der Waals surface area contributed by atoms with E-state index in [4.69, 9.17) is 16.6 Å². The fraction of sp³-hybridized carbons (Fsp3) is 0.571. The van der Waals surface area contributed by atoms with Gasteiger partial charge in [-0.1, -0.05) is 0 Å². The molecule has 0 bridgehead atoms. The number of hydrogen-bond acceptors (Lipinski definition) is 5. The van der Waals surface area contributed by atoms with Crippen molar-refractivity contribution in [2.45, 2.75) is 18.0 Å². The van der Waals surface area contributed by atoms with Gasteiger partial charge in [0, 0.05) is 24.3 Å². The standard InChI is InChI=1S/C7H14N4O2S/c1-14(13)7-5(8)6(9)11(10-7)3-2-4-12/h12H,2-4,8-9H2,1H3. The van der Waals surface area contributed by atoms with Crippen molar-refractivity contribution < 1.29 is 9.66 Å². The van der Waals surface area contributed by atoms with E-state index in [1.165, 1.54) is 10.9 Å². The van der Waals surface area contributed by atoms with Crippen molar-refractivity contribution >= 4 is 22.7 Å². The summed E-state index contributed by atoms with van der Waals surface area (Å²) < 4.78 is 12.6. The van der Waals surface area contributed by atoms with E-state index in [9.17, 15) is 4.55 Å². The largest absolute Gasteiger partial charge is 0.610 e. The first-order valence-corrected chi connectivity index (χ1v) is 5.69. The predicted octanol–water partition coefficient (Wildman–Crippen LogP) is -0.833. The molecule has 1 rings (SSSR count). The van der Waals surface area contributed by atoms with E-state index in [1.807, 2.05) is 0 Å². The lowest BCUT2D eigenvalue weighted by molar-refractivity contribution is 0.277. The van der Waals surface area contributed by atoms with Crippen LogP contribution < -0.4 is 11.5 Å². The normalized spacial score (nSPS) is 13.1. The molecular weight excluding hydrogens is 204 g/mol. The summed E-state index contributed by atoms with van der Waals surface area (Å²) in [7, 11) is 0. The van der Waals surface area contributed by atoms with Crippen LogP contribution in [0.1, 0.15) is 6.42 Å². The third-order valence-corrected chi connectivity index (χ3v) is 2.64. The molecule has 14 heavy (non-hydrogen) atoms. The highest BCUT2D eigenvalue weighted by Crippen LogP contribution is 2.23. The first-order valence-electron chi connectivity index (χ1n) is 4.14. The molecule has 7 heteroatoms. The molecule has 0 aliphatic heterocycles. The second-order valence-electron chi connectivity index (χ2n) is 2.86. The zero-order valence-electron chi connectivity index (χ0n) is 7.93. The fourth-order valence-corrected chi connectivity index (χ4v) is 1.70. The number of rotatable bonds is 4. The van der Waals surface area contributed by atoms with E-state index in [1.54, 1.807) is 0 Å². The molecule has 0 aromatic carbocycles. The molecule has 1 aromatic rings. The van der Waals surface area contributed by atoms with Gasteiger partial charge in [-0.15, -0.1) is 5.10 Å². The summed E-state index contributed by atoms with van der Waals surface area (Å²) in [6, 6.07) is 0. The SMILES string of the molecule is C[S+]([O-])c1nn(CCCO)c(N)c1N. The van der Waals surface area contributed by atoms with Crippen LogP contribution in [0.3, 0.4) is 0 Å². The summed E-state index contributed by atoms with van der Waals surface area (Å²) in [5.41, 5.74) is 11.5. The van der Waals surface area contributed by atoms with Gasteiger partial charge in [-0.25, -0.2) is 4.68 Å². The number of nitrogens with two attached hydrogens (primary N) is 2. The van der Waals surface area contributed by atoms with Gasteiger partial charge in [-0.3, -0.25) is 0 Å². The molecule has 0 aliphatic rings. The highest BCUT2D eigenvalue weighted by Gasteiger charge is 2.19. The number of nitrogens with zero attached hydrogens (tertiary/aromatic N) is 2. The van der Waals surface area contributed by atoms with Crippen molar-refractivity contribution in [3.8, 4) is 0 Å². The highest BCUT2D eigenvalue weighted by molar-refractivity contribution is 7.90. The number of hydrogen-bond donors (Lipinski definition) is 3. The van der Waals surface area contributed by atoms with Crippen molar-refractivity contribution in [3.63, 3.8) is 0 Å². The number of aliphatic hydroxyl groups is 1. The highest BCUT2D eigenvalue weighted by atomic mass is 32.2. The van der Waals surface area contributed by atoms with E-state index >= 15 is 0 Å². The van der Waals surface area contributed by atoms with Crippen molar-refractivity contribution in [1.82, 2.24) is 9.78 Å². The van der Waals surface area contributed by atoms with Gasteiger partial charge in [-0.05, 0) is 6.42 Å².